The van der Waals surface area contributed by atoms with Gasteiger partial charge in [0.15, 0.2) is 5.82 Å². The van der Waals surface area contributed by atoms with Crippen molar-refractivity contribution >= 4 is 46.6 Å². The SMILES string of the molecule is Cl.NC[C@H]1CC[C@H](C(=O)N(c2ccc(-c3nn[nH]n3)cc2)[C@@H](Cc2ccc(-c3cccc4[nH]nc(N)c34)cc2)C(N)=O)CC1. The van der Waals surface area contributed by atoms with Crippen LogP contribution in [-0.4, -0.2) is 55.2 Å². The number of anilines is 2. The number of rotatable bonds is 9. The number of H-pyrrole nitrogens is 2. The smallest absolute Gasteiger partial charge is 0.240 e. The number of carbonyl (C=O) groups excluding carboxylic acids is 2. The van der Waals surface area contributed by atoms with Gasteiger partial charge < -0.3 is 17.2 Å². The number of carbonyl (C=O) groups is 2. The van der Waals surface area contributed by atoms with Crippen molar-refractivity contribution in [2.24, 2.45) is 23.3 Å². The van der Waals surface area contributed by atoms with Crippen molar-refractivity contribution in [2.45, 2.75) is 38.1 Å². The second-order valence-corrected chi connectivity index (χ2v) is 11.1. The van der Waals surface area contributed by atoms with Crippen LogP contribution in [0.3, 0.4) is 0 Å². The van der Waals surface area contributed by atoms with Gasteiger partial charge in [-0.25, -0.2) is 0 Å². The first kappa shape index (κ1) is 30.6. The van der Waals surface area contributed by atoms with Crippen molar-refractivity contribution in [3.63, 3.8) is 0 Å². The molecule has 6 rings (SSSR count). The van der Waals surface area contributed by atoms with Gasteiger partial charge in [0.1, 0.15) is 6.04 Å². The number of aromatic amines is 2. The molecule has 1 aliphatic carbocycles. The average Bonchev–Trinajstić information content (AvgIpc) is 3.72. The van der Waals surface area contributed by atoms with E-state index in [0.29, 0.717) is 29.8 Å². The van der Waals surface area contributed by atoms with Crippen LogP contribution in [0, 0.1) is 11.8 Å². The van der Waals surface area contributed by atoms with Gasteiger partial charge in [0, 0.05) is 23.6 Å². The van der Waals surface area contributed by atoms with Crippen LogP contribution < -0.4 is 22.1 Å². The molecule has 44 heavy (non-hydrogen) atoms. The number of nitrogen functional groups attached to an aromatic ring is 1. The largest absolute Gasteiger partial charge is 0.382 e. The number of nitrogens with one attached hydrogen (secondary N) is 2. The molecule has 12 nitrogen and oxygen atoms in total. The molecule has 2 aromatic heterocycles. The van der Waals surface area contributed by atoms with E-state index in [-0.39, 0.29) is 30.7 Å². The number of halogens is 1. The molecule has 13 heteroatoms. The van der Waals surface area contributed by atoms with Crippen molar-refractivity contribution < 1.29 is 9.59 Å². The lowest BCUT2D eigenvalue weighted by molar-refractivity contribution is -0.127. The number of hydrogen-bond donors (Lipinski definition) is 5. The maximum absolute atomic E-state index is 14.1. The zero-order valence-electron chi connectivity index (χ0n) is 24.0. The third-order valence-corrected chi connectivity index (χ3v) is 8.47. The minimum absolute atomic E-state index is 0. The van der Waals surface area contributed by atoms with E-state index in [2.05, 4.69) is 30.8 Å². The number of fused-ring (bicyclic) bond motifs is 1. The summed E-state index contributed by atoms with van der Waals surface area (Å²) in [5, 5.41) is 22.1. The molecule has 0 radical (unpaired) electrons. The second kappa shape index (κ2) is 13.2. The lowest BCUT2D eigenvalue weighted by atomic mass is 9.81. The Morgan fingerprint density at radius 3 is 2.27 bits per heavy atom. The summed E-state index contributed by atoms with van der Waals surface area (Å²) in [7, 11) is 0. The molecular formula is C31H35ClN10O2. The summed E-state index contributed by atoms with van der Waals surface area (Å²) >= 11 is 0. The molecule has 1 saturated carbocycles. The van der Waals surface area contributed by atoms with Crippen molar-refractivity contribution in [3.8, 4) is 22.5 Å². The van der Waals surface area contributed by atoms with Crippen LogP contribution in [0.1, 0.15) is 31.2 Å². The lowest BCUT2D eigenvalue weighted by Gasteiger charge is -2.35. The third-order valence-electron chi connectivity index (χ3n) is 8.47. The maximum Gasteiger partial charge on any atom is 0.240 e. The van der Waals surface area contributed by atoms with Gasteiger partial charge >= 0.3 is 0 Å². The average molecular weight is 615 g/mol. The Balaban J connectivity index is 0.00000384. The fraction of sp³-hybridized carbons (Fsp3) is 0.290. The molecule has 2 heterocycles. The van der Waals surface area contributed by atoms with Gasteiger partial charge in [0.05, 0.1) is 10.9 Å². The molecule has 1 atom stereocenters. The molecule has 228 valence electrons. The number of tetrazole rings is 1. The molecular weight excluding hydrogens is 580 g/mol. The summed E-state index contributed by atoms with van der Waals surface area (Å²) in [4.78, 5) is 28.8. The van der Waals surface area contributed by atoms with E-state index in [9.17, 15) is 9.59 Å². The van der Waals surface area contributed by atoms with Gasteiger partial charge in [0.25, 0.3) is 0 Å². The molecule has 8 N–H and O–H groups in total. The molecule has 5 aromatic rings. The number of benzene rings is 3. The molecule has 0 saturated heterocycles. The highest BCUT2D eigenvalue weighted by atomic mass is 35.5. The predicted octanol–water partition coefficient (Wildman–Crippen LogP) is 3.61. The fourth-order valence-electron chi connectivity index (χ4n) is 6.06. The summed E-state index contributed by atoms with van der Waals surface area (Å²) in [5.74, 6) is 0.384. The molecule has 2 amide bonds. The molecule has 0 spiro atoms. The van der Waals surface area contributed by atoms with E-state index in [4.69, 9.17) is 17.2 Å². The molecule has 1 aliphatic rings. The third kappa shape index (κ3) is 6.12. The van der Waals surface area contributed by atoms with E-state index in [0.717, 1.165) is 58.8 Å². The van der Waals surface area contributed by atoms with E-state index in [1.807, 2.05) is 42.5 Å². The van der Waals surface area contributed by atoms with Crippen molar-refractivity contribution in [1.29, 1.82) is 0 Å². The standard InChI is InChI=1S/C31H34N10O2.ClH/c32-17-19-6-10-22(11-7-19)31(43)41(23-14-12-21(13-15-23)30-37-39-40-38-30)26(29(34)42)16-18-4-8-20(9-5-18)24-2-1-3-25-27(24)28(33)36-35-25;/h1-5,8-9,12-15,19,22,26H,6-7,10-11,16-17,32H2,(H2,34,42)(H3,33,35,36)(H,37,38,39,40);1H/t19-,22-,26-;/m0./s1. The predicted molar refractivity (Wildman–Crippen MR) is 171 cm³/mol. The van der Waals surface area contributed by atoms with Crippen LogP contribution in [0.4, 0.5) is 11.5 Å². The minimum Gasteiger partial charge on any atom is -0.382 e. The van der Waals surface area contributed by atoms with Crippen LogP contribution in [0.15, 0.2) is 66.7 Å². The second-order valence-electron chi connectivity index (χ2n) is 11.1. The van der Waals surface area contributed by atoms with Crippen LogP contribution in [-0.2, 0) is 16.0 Å². The summed E-state index contributed by atoms with van der Waals surface area (Å²) in [5.41, 5.74) is 23.0. The van der Waals surface area contributed by atoms with Crippen molar-refractivity contribution in [1.82, 2.24) is 30.8 Å². The minimum atomic E-state index is -0.894. The first-order valence-electron chi connectivity index (χ1n) is 14.4. The molecule has 0 bridgehead atoms. The summed E-state index contributed by atoms with van der Waals surface area (Å²) in [6, 6.07) is 20.0. The number of nitrogens with two attached hydrogens (primary N) is 3. The topological polar surface area (TPSA) is 199 Å². The van der Waals surface area contributed by atoms with Gasteiger partial charge in [0.2, 0.25) is 17.6 Å². The first-order valence-corrected chi connectivity index (χ1v) is 14.4. The maximum atomic E-state index is 14.1. The van der Waals surface area contributed by atoms with Crippen LogP contribution in [0.2, 0.25) is 0 Å². The Bertz CT molecular complexity index is 1710. The summed E-state index contributed by atoms with van der Waals surface area (Å²) < 4.78 is 0. The Kier molecular flexibility index (Phi) is 9.21. The highest BCUT2D eigenvalue weighted by Gasteiger charge is 2.36. The van der Waals surface area contributed by atoms with Crippen LogP contribution in [0.5, 0.6) is 0 Å². The van der Waals surface area contributed by atoms with Crippen LogP contribution in [0.25, 0.3) is 33.4 Å². The zero-order chi connectivity index (χ0) is 29.9. The van der Waals surface area contributed by atoms with Crippen molar-refractivity contribution in [3.05, 3.63) is 72.3 Å². The van der Waals surface area contributed by atoms with Gasteiger partial charge in [-0.05, 0) is 90.4 Å². The van der Waals surface area contributed by atoms with Crippen LogP contribution >= 0.6 is 12.4 Å². The molecule has 3 aromatic carbocycles. The van der Waals surface area contributed by atoms with E-state index < -0.39 is 11.9 Å². The number of hydrogen-bond acceptors (Lipinski definition) is 8. The van der Waals surface area contributed by atoms with Gasteiger partial charge in [-0.2, -0.15) is 10.3 Å². The number of amides is 2. The highest BCUT2D eigenvalue weighted by molar-refractivity contribution is 6.02. The highest BCUT2D eigenvalue weighted by Crippen LogP contribution is 2.34. The van der Waals surface area contributed by atoms with Gasteiger partial charge in [-0.15, -0.1) is 22.6 Å². The lowest BCUT2D eigenvalue weighted by Crippen LogP contribution is -2.52. The Hall–Kier alpha value is -4.81. The number of primary amides is 1. The van der Waals surface area contributed by atoms with E-state index >= 15 is 0 Å². The van der Waals surface area contributed by atoms with E-state index in [1.54, 1.807) is 29.2 Å². The Morgan fingerprint density at radius 1 is 0.932 bits per heavy atom. The first-order chi connectivity index (χ1) is 20.9. The molecule has 0 unspecified atom stereocenters. The van der Waals surface area contributed by atoms with Crippen molar-refractivity contribution in [2.75, 3.05) is 17.2 Å². The quantitative estimate of drug-likeness (QED) is 0.166. The monoisotopic (exact) mass is 614 g/mol. The molecule has 0 aliphatic heterocycles. The molecule has 1 fully saturated rings. The number of nitrogens with zero attached hydrogens (tertiary/aromatic N) is 5. The normalized spacial score (nSPS) is 17.1. The van der Waals surface area contributed by atoms with E-state index in [1.165, 1.54) is 0 Å². The Morgan fingerprint density at radius 2 is 1.64 bits per heavy atom. The zero-order valence-corrected chi connectivity index (χ0v) is 24.8. The summed E-state index contributed by atoms with van der Waals surface area (Å²) in [6.45, 7) is 0.615. The van der Waals surface area contributed by atoms with Gasteiger partial charge in [-0.1, -0.05) is 36.4 Å². The summed E-state index contributed by atoms with van der Waals surface area (Å²) in [6.07, 6.45) is 3.47. The van der Waals surface area contributed by atoms with Gasteiger partial charge in [-0.3, -0.25) is 19.6 Å². The fourth-order valence-corrected chi connectivity index (χ4v) is 6.06. The Labute approximate surface area is 260 Å². The number of aromatic nitrogens is 6.